The Bertz CT molecular complexity index is 1080. The highest BCUT2D eigenvalue weighted by atomic mass is 16.3. The zero-order valence-electron chi connectivity index (χ0n) is 17.0. The number of nitrogens with two attached hydrogens (primary N) is 2. The van der Waals surface area contributed by atoms with Crippen LogP contribution in [0, 0.1) is 0 Å². The van der Waals surface area contributed by atoms with E-state index < -0.39 is 0 Å². The third kappa shape index (κ3) is 3.97. The number of benzene rings is 4. The minimum Gasteiger partial charge on any atom is -0.507 e. The van der Waals surface area contributed by atoms with Crippen LogP contribution in [0.2, 0.25) is 0 Å². The lowest BCUT2D eigenvalue weighted by atomic mass is 9.92. The molecule has 1 aliphatic carbocycles. The molecule has 4 aromatic carbocycles. The summed E-state index contributed by atoms with van der Waals surface area (Å²) in [6.07, 6.45) is 4.80. The smallest absolute Gasteiger partial charge is 0.124 e. The van der Waals surface area contributed by atoms with Crippen molar-refractivity contribution in [3.63, 3.8) is 0 Å². The molecule has 4 aromatic rings. The molecule has 0 amide bonds. The van der Waals surface area contributed by atoms with Crippen LogP contribution in [-0.2, 0) is 0 Å². The molecule has 0 saturated heterocycles. The van der Waals surface area contributed by atoms with E-state index in [0.717, 1.165) is 34.4 Å². The fourth-order valence-electron chi connectivity index (χ4n) is 4.23. The maximum Gasteiger partial charge on any atom is 0.124 e. The van der Waals surface area contributed by atoms with Gasteiger partial charge in [0.15, 0.2) is 0 Å². The first kappa shape index (κ1) is 20.2. The first-order valence-electron chi connectivity index (χ1n) is 10.5. The summed E-state index contributed by atoms with van der Waals surface area (Å²) >= 11 is 0. The van der Waals surface area contributed by atoms with Crippen molar-refractivity contribution >= 4 is 21.5 Å². The molecule has 1 saturated carbocycles. The van der Waals surface area contributed by atoms with Gasteiger partial charge in [-0.15, -0.1) is 0 Å². The van der Waals surface area contributed by atoms with Crippen molar-refractivity contribution in [3.8, 4) is 22.6 Å². The van der Waals surface area contributed by atoms with Crippen LogP contribution in [0.4, 0.5) is 0 Å². The number of phenolic OH excluding ortho intramolecular Hbond substituents is 2. The van der Waals surface area contributed by atoms with Gasteiger partial charge in [-0.3, -0.25) is 0 Å². The quantitative estimate of drug-likeness (QED) is 0.349. The molecule has 4 heteroatoms. The van der Waals surface area contributed by atoms with Gasteiger partial charge in [0.05, 0.1) is 0 Å². The van der Waals surface area contributed by atoms with Gasteiger partial charge in [0.2, 0.25) is 0 Å². The summed E-state index contributed by atoms with van der Waals surface area (Å²) in [5, 5.41) is 24.8. The molecule has 6 N–H and O–H groups in total. The van der Waals surface area contributed by atoms with Crippen molar-refractivity contribution in [1.82, 2.24) is 0 Å². The maximum absolute atomic E-state index is 10.4. The Balaban J connectivity index is 0.000000230. The molecule has 1 aliphatic rings. The van der Waals surface area contributed by atoms with Crippen molar-refractivity contribution in [3.05, 3.63) is 72.8 Å². The SMILES string of the molecule is NC1CCCCC1N.Oc1ccc2ccccc2c1-c1c(O)ccc2ccccc12. The van der Waals surface area contributed by atoms with Crippen LogP contribution in [0.25, 0.3) is 32.7 Å². The van der Waals surface area contributed by atoms with Gasteiger partial charge in [0, 0.05) is 23.2 Å². The normalized spacial score (nSPS) is 18.7. The van der Waals surface area contributed by atoms with Crippen molar-refractivity contribution in [2.24, 2.45) is 11.5 Å². The maximum atomic E-state index is 10.4. The zero-order valence-corrected chi connectivity index (χ0v) is 17.0. The summed E-state index contributed by atoms with van der Waals surface area (Å²) in [4.78, 5) is 0. The van der Waals surface area contributed by atoms with E-state index in [9.17, 15) is 10.2 Å². The molecule has 30 heavy (non-hydrogen) atoms. The van der Waals surface area contributed by atoms with Gasteiger partial charge in [0.25, 0.3) is 0 Å². The fourth-order valence-corrected chi connectivity index (χ4v) is 4.23. The largest absolute Gasteiger partial charge is 0.507 e. The second-order valence-corrected chi connectivity index (χ2v) is 7.97. The molecule has 1 fully saturated rings. The highest BCUT2D eigenvalue weighted by Crippen LogP contribution is 2.44. The Kier molecular flexibility index (Phi) is 5.88. The predicted molar refractivity (Wildman–Crippen MR) is 125 cm³/mol. The molecule has 0 spiro atoms. The van der Waals surface area contributed by atoms with E-state index in [1.807, 2.05) is 60.7 Å². The van der Waals surface area contributed by atoms with Gasteiger partial charge in [-0.05, 0) is 46.5 Å². The molecule has 0 radical (unpaired) electrons. The summed E-state index contributed by atoms with van der Waals surface area (Å²) in [6, 6.07) is 23.4. The highest BCUT2D eigenvalue weighted by molar-refractivity contribution is 6.09. The lowest BCUT2D eigenvalue weighted by Crippen LogP contribution is -2.43. The van der Waals surface area contributed by atoms with Gasteiger partial charge in [-0.1, -0.05) is 73.5 Å². The molecule has 5 rings (SSSR count). The standard InChI is InChI=1S/C20H14O2.C6H14N2/c21-17-11-9-13-5-1-3-7-15(13)19(17)20-16-8-4-2-6-14(16)10-12-18(20)22;7-5-3-1-2-4-6(5)8/h1-12,21-22H;5-6H,1-4,7-8H2. The molecular weight excluding hydrogens is 372 g/mol. The van der Waals surface area contributed by atoms with Crippen molar-refractivity contribution in [2.75, 3.05) is 0 Å². The average Bonchev–Trinajstić information content (AvgIpc) is 2.77. The Morgan fingerprint density at radius 1 is 0.567 bits per heavy atom. The Morgan fingerprint density at radius 2 is 0.967 bits per heavy atom. The molecule has 0 aromatic heterocycles. The third-order valence-electron chi connectivity index (χ3n) is 5.94. The number of hydrogen-bond acceptors (Lipinski definition) is 4. The summed E-state index contributed by atoms with van der Waals surface area (Å²) in [7, 11) is 0. The van der Waals surface area contributed by atoms with E-state index in [0.29, 0.717) is 11.1 Å². The Hall–Kier alpha value is -3.08. The minimum absolute atomic E-state index is 0.172. The van der Waals surface area contributed by atoms with E-state index in [-0.39, 0.29) is 23.6 Å². The second-order valence-electron chi connectivity index (χ2n) is 7.97. The van der Waals surface area contributed by atoms with Crippen LogP contribution in [0.3, 0.4) is 0 Å². The molecule has 0 bridgehead atoms. The van der Waals surface area contributed by atoms with Gasteiger partial charge < -0.3 is 21.7 Å². The van der Waals surface area contributed by atoms with E-state index in [2.05, 4.69) is 0 Å². The fraction of sp³-hybridized carbons (Fsp3) is 0.231. The van der Waals surface area contributed by atoms with Crippen molar-refractivity contribution in [1.29, 1.82) is 0 Å². The first-order chi connectivity index (χ1) is 14.6. The summed E-state index contributed by atoms with van der Waals surface area (Å²) < 4.78 is 0. The molecule has 0 heterocycles. The monoisotopic (exact) mass is 400 g/mol. The summed E-state index contributed by atoms with van der Waals surface area (Å²) in [5.74, 6) is 0.343. The Labute approximate surface area is 176 Å². The number of phenols is 2. The number of aromatic hydroxyl groups is 2. The number of fused-ring (bicyclic) bond motifs is 2. The molecule has 0 aliphatic heterocycles. The van der Waals surface area contributed by atoms with Crippen LogP contribution in [-0.4, -0.2) is 22.3 Å². The van der Waals surface area contributed by atoms with Crippen LogP contribution in [0.15, 0.2) is 72.8 Å². The van der Waals surface area contributed by atoms with Gasteiger partial charge >= 0.3 is 0 Å². The van der Waals surface area contributed by atoms with Crippen molar-refractivity contribution < 1.29 is 10.2 Å². The van der Waals surface area contributed by atoms with Crippen LogP contribution in [0.5, 0.6) is 11.5 Å². The van der Waals surface area contributed by atoms with Gasteiger partial charge in [0.1, 0.15) is 11.5 Å². The van der Waals surface area contributed by atoms with E-state index in [1.165, 1.54) is 12.8 Å². The lowest BCUT2D eigenvalue weighted by molar-refractivity contribution is 0.385. The van der Waals surface area contributed by atoms with Gasteiger partial charge in [-0.25, -0.2) is 0 Å². The lowest BCUT2D eigenvalue weighted by Gasteiger charge is -2.24. The van der Waals surface area contributed by atoms with Crippen molar-refractivity contribution in [2.45, 2.75) is 37.8 Å². The summed E-state index contributed by atoms with van der Waals surface area (Å²) in [5.41, 5.74) is 12.7. The minimum atomic E-state index is 0.172. The molecule has 2 unspecified atom stereocenters. The number of rotatable bonds is 1. The Morgan fingerprint density at radius 3 is 1.37 bits per heavy atom. The highest BCUT2D eigenvalue weighted by Gasteiger charge is 2.17. The van der Waals surface area contributed by atoms with Crippen LogP contribution in [0.1, 0.15) is 25.7 Å². The van der Waals surface area contributed by atoms with E-state index >= 15 is 0 Å². The first-order valence-corrected chi connectivity index (χ1v) is 10.5. The third-order valence-corrected chi connectivity index (χ3v) is 5.94. The average molecular weight is 401 g/mol. The molecular formula is C26H28N2O2. The molecule has 154 valence electrons. The van der Waals surface area contributed by atoms with E-state index in [4.69, 9.17) is 11.5 Å². The van der Waals surface area contributed by atoms with Crippen LogP contribution >= 0.6 is 0 Å². The predicted octanol–water partition coefficient (Wildman–Crippen LogP) is 5.29. The zero-order chi connectivity index (χ0) is 21.1. The molecule has 4 nitrogen and oxygen atoms in total. The van der Waals surface area contributed by atoms with Gasteiger partial charge in [-0.2, -0.15) is 0 Å². The molecule has 2 atom stereocenters. The topological polar surface area (TPSA) is 92.5 Å². The summed E-state index contributed by atoms with van der Waals surface area (Å²) in [6.45, 7) is 0. The van der Waals surface area contributed by atoms with E-state index in [1.54, 1.807) is 12.1 Å². The second kappa shape index (κ2) is 8.74. The van der Waals surface area contributed by atoms with Crippen LogP contribution < -0.4 is 11.5 Å². The number of hydrogen-bond donors (Lipinski definition) is 4.